The van der Waals surface area contributed by atoms with Gasteiger partial charge in [0, 0.05) is 16.8 Å². The SMILES string of the molecule is Cn1nc(CCCc2cccs2)c(-c2cccs2)c1N. The van der Waals surface area contributed by atoms with E-state index in [1.165, 1.54) is 9.75 Å². The second-order valence-corrected chi connectivity index (χ2v) is 6.72. The first-order valence-electron chi connectivity index (χ1n) is 6.63. The molecule has 0 aromatic carbocycles. The minimum Gasteiger partial charge on any atom is -0.383 e. The summed E-state index contributed by atoms with van der Waals surface area (Å²) in [7, 11) is 1.91. The first-order chi connectivity index (χ1) is 9.75. The van der Waals surface area contributed by atoms with Gasteiger partial charge >= 0.3 is 0 Å². The fourth-order valence-corrected chi connectivity index (χ4v) is 3.90. The van der Waals surface area contributed by atoms with Crippen LogP contribution in [0.5, 0.6) is 0 Å². The maximum absolute atomic E-state index is 6.17. The van der Waals surface area contributed by atoms with Crippen LogP contribution in [0.4, 0.5) is 5.82 Å². The van der Waals surface area contributed by atoms with Gasteiger partial charge in [0.1, 0.15) is 5.82 Å². The Morgan fingerprint density at radius 1 is 1.15 bits per heavy atom. The molecule has 20 heavy (non-hydrogen) atoms. The van der Waals surface area contributed by atoms with Gasteiger partial charge in [-0.1, -0.05) is 12.1 Å². The number of nitrogens with zero attached hydrogens (tertiary/aromatic N) is 2. The molecule has 3 rings (SSSR count). The first-order valence-corrected chi connectivity index (χ1v) is 8.39. The summed E-state index contributed by atoms with van der Waals surface area (Å²) in [6.07, 6.45) is 3.18. The topological polar surface area (TPSA) is 43.8 Å². The Labute approximate surface area is 126 Å². The highest BCUT2D eigenvalue weighted by Gasteiger charge is 2.16. The number of thiophene rings is 2. The van der Waals surface area contributed by atoms with Crippen LogP contribution in [-0.4, -0.2) is 9.78 Å². The number of aromatic nitrogens is 2. The van der Waals surface area contributed by atoms with Gasteiger partial charge in [-0.15, -0.1) is 22.7 Å². The molecule has 0 radical (unpaired) electrons. The summed E-state index contributed by atoms with van der Waals surface area (Å²) in [5.41, 5.74) is 8.40. The zero-order valence-electron chi connectivity index (χ0n) is 11.4. The summed E-state index contributed by atoms with van der Waals surface area (Å²) in [5.74, 6) is 0.763. The molecule has 3 heterocycles. The molecule has 3 nitrogen and oxygen atoms in total. The molecule has 0 saturated heterocycles. The maximum Gasteiger partial charge on any atom is 0.130 e. The van der Waals surface area contributed by atoms with Crippen molar-refractivity contribution in [1.29, 1.82) is 0 Å². The van der Waals surface area contributed by atoms with Crippen molar-refractivity contribution in [3.05, 3.63) is 45.6 Å². The third-order valence-electron chi connectivity index (χ3n) is 3.35. The monoisotopic (exact) mass is 303 g/mol. The molecule has 0 saturated carbocycles. The molecule has 0 spiro atoms. The quantitative estimate of drug-likeness (QED) is 0.775. The minimum atomic E-state index is 0.763. The normalized spacial score (nSPS) is 11.1. The van der Waals surface area contributed by atoms with Crippen LogP contribution in [0.15, 0.2) is 35.0 Å². The van der Waals surface area contributed by atoms with E-state index >= 15 is 0 Å². The van der Waals surface area contributed by atoms with Crippen molar-refractivity contribution in [3.63, 3.8) is 0 Å². The van der Waals surface area contributed by atoms with Crippen molar-refractivity contribution in [2.75, 3.05) is 5.73 Å². The van der Waals surface area contributed by atoms with Gasteiger partial charge in [-0.2, -0.15) is 5.10 Å². The van der Waals surface area contributed by atoms with Gasteiger partial charge in [0.25, 0.3) is 0 Å². The minimum absolute atomic E-state index is 0.763. The lowest BCUT2D eigenvalue weighted by Crippen LogP contribution is -1.97. The smallest absolute Gasteiger partial charge is 0.130 e. The van der Waals surface area contributed by atoms with Crippen molar-refractivity contribution in [2.45, 2.75) is 19.3 Å². The molecule has 2 N–H and O–H groups in total. The number of hydrogen-bond acceptors (Lipinski definition) is 4. The van der Waals surface area contributed by atoms with Crippen LogP contribution in [0, 0.1) is 0 Å². The lowest BCUT2D eigenvalue weighted by atomic mass is 10.1. The molecule has 0 aliphatic rings. The number of nitrogens with two attached hydrogens (primary N) is 1. The molecule has 3 aromatic rings. The molecule has 0 aliphatic carbocycles. The van der Waals surface area contributed by atoms with Crippen LogP contribution >= 0.6 is 22.7 Å². The van der Waals surface area contributed by atoms with Gasteiger partial charge in [-0.05, 0) is 42.2 Å². The van der Waals surface area contributed by atoms with Gasteiger partial charge < -0.3 is 5.73 Å². The number of rotatable bonds is 5. The Kier molecular flexibility index (Phi) is 3.89. The highest BCUT2D eigenvalue weighted by atomic mass is 32.1. The van der Waals surface area contributed by atoms with Gasteiger partial charge in [-0.25, -0.2) is 0 Å². The molecule has 0 unspecified atom stereocenters. The molecular formula is C15H17N3S2. The van der Waals surface area contributed by atoms with Crippen molar-refractivity contribution in [1.82, 2.24) is 9.78 Å². The Bertz CT molecular complexity index is 666. The van der Waals surface area contributed by atoms with Crippen molar-refractivity contribution in [3.8, 4) is 10.4 Å². The predicted molar refractivity (Wildman–Crippen MR) is 87.3 cm³/mol. The van der Waals surface area contributed by atoms with E-state index in [2.05, 4.69) is 40.1 Å². The van der Waals surface area contributed by atoms with Crippen LogP contribution in [-0.2, 0) is 19.9 Å². The fraction of sp³-hybridized carbons (Fsp3) is 0.267. The molecule has 0 fully saturated rings. The van der Waals surface area contributed by atoms with Crippen LogP contribution in [0.1, 0.15) is 17.0 Å². The summed E-state index contributed by atoms with van der Waals surface area (Å²) in [5, 5.41) is 8.80. The summed E-state index contributed by atoms with van der Waals surface area (Å²) >= 11 is 3.54. The third-order valence-corrected chi connectivity index (χ3v) is 5.17. The molecular weight excluding hydrogens is 286 g/mol. The Morgan fingerprint density at radius 3 is 2.65 bits per heavy atom. The van der Waals surface area contributed by atoms with E-state index in [-0.39, 0.29) is 0 Å². The van der Waals surface area contributed by atoms with E-state index in [4.69, 9.17) is 5.73 Å². The lowest BCUT2D eigenvalue weighted by Gasteiger charge is -2.01. The van der Waals surface area contributed by atoms with Gasteiger partial charge in [0.05, 0.1) is 11.3 Å². The Morgan fingerprint density at radius 2 is 1.95 bits per heavy atom. The highest BCUT2D eigenvalue weighted by molar-refractivity contribution is 7.13. The van der Waals surface area contributed by atoms with Crippen LogP contribution in [0.25, 0.3) is 10.4 Å². The highest BCUT2D eigenvalue weighted by Crippen LogP contribution is 2.33. The van der Waals surface area contributed by atoms with Gasteiger partial charge in [0.15, 0.2) is 0 Å². The third kappa shape index (κ3) is 2.64. The standard InChI is InChI=1S/C15H17N3S2/c1-18-15(16)14(13-8-4-10-20-13)12(17-18)7-2-5-11-6-3-9-19-11/h3-4,6,8-10H,2,5,7,16H2,1H3. The van der Waals surface area contributed by atoms with Crippen molar-refractivity contribution >= 4 is 28.5 Å². The second-order valence-electron chi connectivity index (χ2n) is 4.74. The molecule has 3 aromatic heterocycles. The number of aryl methyl sites for hydroxylation is 3. The van der Waals surface area contributed by atoms with E-state index in [1.807, 2.05) is 18.4 Å². The van der Waals surface area contributed by atoms with E-state index in [0.717, 1.165) is 36.3 Å². The zero-order chi connectivity index (χ0) is 13.9. The molecule has 0 bridgehead atoms. The van der Waals surface area contributed by atoms with Crippen LogP contribution < -0.4 is 5.73 Å². The van der Waals surface area contributed by atoms with Crippen LogP contribution in [0.3, 0.4) is 0 Å². The second kappa shape index (κ2) is 5.81. The average Bonchev–Trinajstić information content (AvgIpc) is 3.14. The summed E-state index contributed by atoms with van der Waals surface area (Å²) < 4.78 is 1.79. The molecule has 0 amide bonds. The average molecular weight is 303 g/mol. The predicted octanol–water partition coefficient (Wildman–Crippen LogP) is 3.97. The van der Waals surface area contributed by atoms with Gasteiger partial charge in [0.2, 0.25) is 0 Å². The zero-order valence-corrected chi connectivity index (χ0v) is 13.0. The number of anilines is 1. The summed E-state index contributed by atoms with van der Waals surface area (Å²) in [4.78, 5) is 2.65. The molecule has 0 aliphatic heterocycles. The van der Waals surface area contributed by atoms with Gasteiger partial charge in [-0.3, -0.25) is 4.68 Å². The molecule has 104 valence electrons. The fourth-order valence-electron chi connectivity index (χ4n) is 2.34. The van der Waals surface area contributed by atoms with E-state index in [0.29, 0.717) is 0 Å². The van der Waals surface area contributed by atoms with Crippen LogP contribution in [0.2, 0.25) is 0 Å². The molecule has 0 atom stereocenters. The van der Waals surface area contributed by atoms with Crippen molar-refractivity contribution in [2.24, 2.45) is 7.05 Å². The Balaban J connectivity index is 1.77. The first kappa shape index (κ1) is 13.4. The van der Waals surface area contributed by atoms with E-state index in [9.17, 15) is 0 Å². The largest absolute Gasteiger partial charge is 0.383 e. The summed E-state index contributed by atoms with van der Waals surface area (Å²) in [6.45, 7) is 0. The number of nitrogen functional groups attached to an aromatic ring is 1. The van der Waals surface area contributed by atoms with E-state index in [1.54, 1.807) is 16.0 Å². The maximum atomic E-state index is 6.17. The molecule has 5 heteroatoms. The lowest BCUT2D eigenvalue weighted by molar-refractivity contribution is 0.728. The van der Waals surface area contributed by atoms with Crippen molar-refractivity contribution < 1.29 is 0 Å². The number of hydrogen-bond donors (Lipinski definition) is 1. The summed E-state index contributed by atoms with van der Waals surface area (Å²) in [6, 6.07) is 8.47. The van der Waals surface area contributed by atoms with E-state index < -0.39 is 0 Å². The Hall–Kier alpha value is -1.59.